The van der Waals surface area contributed by atoms with E-state index >= 15 is 0 Å². The molecule has 1 saturated heterocycles. The van der Waals surface area contributed by atoms with E-state index in [1.165, 1.54) is 0 Å². The van der Waals surface area contributed by atoms with E-state index in [0.29, 0.717) is 36.5 Å². The van der Waals surface area contributed by atoms with Gasteiger partial charge in [0.2, 0.25) is 0 Å². The van der Waals surface area contributed by atoms with Gasteiger partial charge >= 0.3 is 12.1 Å². The Kier molecular flexibility index (Phi) is 7.63. The Morgan fingerprint density at radius 1 is 1.12 bits per heavy atom. The molecular weight excluding hydrogens is 467 g/mol. The number of alkyl halides is 3. The lowest BCUT2D eigenvalue weighted by molar-refractivity contribution is -0.185. The fourth-order valence-electron chi connectivity index (χ4n) is 5.43. The average Bonchev–Trinajstić information content (AvgIpc) is 2.82. The molecule has 1 N–H and O–H groups in total. The van der Waals surface area contributed by atoms with Gasteiger partial charge in [0.25, 0.3) is 0 Å². The minimum atomic E-state index is -4.14. The van der Waals surface area contributed by atoms with Crippen molar-refractivity contribution in [3.63, 3.8) is 0 Å². The second-order valence-electron chi connectivity index (χ2n) is 9.56. The van der Waals surface area contributed by atoms with Crippen LogP contribution in [-0.4, -0.2) is 41.3 Å². The van der Waals surface area contributed by atoms with E-state index in [4.69, 9.17) is 16.3 Å². The van der Waals surface area contributed by atoms with Gasteiger partial charge in [-0.05, 0) is 81.1 Å². The van der Waals surface area contributed by atoms with E-state index < -0.39 is 18.1 Å². The average molecular weight is 498 g/mol. The van der Waals surface area contributed by atoms with E-state index in [1.54, 1.807) is 6.07 Å². The van der Waals surface area contributed by atoms with E-state index in [0.717, 1.165) is 35.8 Å². The maximum Gasteiger partial charge on any atom is 0.391 e. The zero-order valence-corrected chi connectivity index (χ0v) is 20.0. The SMILES string of the molecule is CCC(c1ccc2ccc(OC3CCC(C(F)(F)F)CC3)c(Cl)c2c1)N1CCC(C(=O)O)CC1. The third-order valence-electron chi connectivity index (χ3n) is 7.47. The van der Waals surface area contributed by atoms with Crippen LogP contribution in [0.2, 0.25) is 5.02 Å². The highest BCUT2D eigenvalue weighted by atomic mass is 35.5. The van der Waals surface area contributed by atoms with Gasteiger partial charge in [-0.2, -0.15) is 13.2 Å². The number of fused-ring (bicyclic) bond motifs is 1. The smallest absolute Gasteiger partial charge is 0.391 e. The summed E-state index contributed by atoms with van der Waals surface area (Å²) in [7, 11) is 0. The Morgan fingerprint density at radius 3 is 2.35 bits per heavy atom. The lowest BCUT2D eigenvalue weighted by Crippen LogP contribution is -2.38. The van der Waals surface area contributed by atoms with Crippen LogP contribution in [0.1, 0.15) is 63.5 Å². The number of aliphatic carboxylic acids is 1. The normalized spacial score (nSPS) is 23.7. The van der Waals surface area contributed by atoms with Crippen molar-refractivity contribution >= 4 is 28.3 Å². The molecule has 8 heteroatoms. The molecule has 1 aliphatic heterocycles. The van der Waals surface area contributed by atoms with Crippen LogP contribution >= 0.6 is 11.6 Å². The number of nitrogens with zero attached hydrogens (tertiary/aromatic N) is 1. The number of ether oxygens (including phenoxy) is 1. The van der Waals surface area contributed by atoms with Gasteiger partial charge in [-0.1, -0.05) is 36.7 Å². The molecule has 34 heavy (non-hydrogen) atoms. The van der Waals surface area contributed by atoms with Crippen LogP contribution < -0.4 is 4.74 Å². The molecule has 186 valence electrons. The molecule has 4 nitrogen and oxygen atoms in total. The van der Waals surface area contributed by atoms with Crippen LogP contribution in [0.15, 0.2) is 30.3 Å². The molecule has 1 aliphatic carbocycles. The minimum absolute atomic E-state index is 0.0836. The molecule has 0 bridgehead atoms. The fourth-order valence-corrected chi connectivity index (χ4v) is 5.70. The van der Waals surface area contributed by atoms with Crippen molar-refractivity contribution in [1.29, 1.82) is 0 Å². The van der Waals surface area contributed by atoms with Gasteiger partial charge in [0.05, 0.1) is 23.0 Å². The summed E-state index contributed by atoms with van der Waals surface area (Å²) in [6, 6.07) is 10.1. The molecule has 1 saturated carbocycles. The number of benzene rings is 2. The summed E-state index contributed by atoms with van der Waals surface area (Å²) in [5.41, 5.74) is 1.12. The van der Waals surface area contributed by atoms with Crippen molar-refractivity contribution in [3.05, 3.63) is 40.9 Å². The largest absolute Gasteiger partial charge is 0.489 e. The summed E-state index contributed by atoms with van der Waals surface area (Å²) in [4.78, 5) is 13.6. The Bertz CT molecular complexity index is 1010. The van der Waals surface area contributed by atoms with E-state index in [1.807, 2.05) is 12.1 Å². The zero-order chi connectivity index (χ0) is 24.5. The summed E-state index contributed by atoms with van der Waals surface area (Å²) >= 11 is 6.74. The second-order valence-corrected chi connectivity index (χ2v) is 9.94. The number of hydrogen-bond acceptors (Lipinski definition) is 3. The maximum atomic E-state index is 13.0. The Labute approximate surface area is 203 Å². The molecule has 1 heterocycles. The third kappa shape index (κ3) is 5.46. The first kappa shape index (κ1) is 25.1. The Morgan fingerprint density at radius 2 is 1.76 bits per heavy atom. The van der Waals surface area contributed by atoms with Gasteiger partial charge in [0.15, 0.2) is 0 Å². The quantitative estimate of drug-likeness (QED) is 0.457. The van der Waals surface area contributed by atoms with Gasteiger partial charge in [0, 0.05) is 11.4 Å². The molecule has 2 aliphatic rings. The first-order valence-corrected chi connectivity index (χ1v) is 12.5. The predicted octanol–water partition coefficient (Wildman–Crippen LogP) is 7.24. The van der Waals surface area contributed by atoms with E-state index in [2.05, 4.69) is 24.0 Å². The van der Waals surface area contributed by atoms with E-state index in [-0.39, 0.29) is 30.9 Å². The van der Waals surface area contributed by atoms with Crippen LogP contribution in [0.3, 0.4) is 0 Å². The molecule has 0 aromatic heterocycles. The van der Waals surface area contributed by atoms with Gasteiger partial charge in [-0.15, -0.1) is 0 Å². The second kappa shape index (κ2) is 10.3. The number of carbonyl (C=O) groups is 1. The molecule has 2 fully saturated rings. The molecule has 0 spiro atoms. The van der Waals surface area contributed by atoms with Crippen LogP contribution in [0.5, 0.6) is 5.75 Å². The van der Waals surface area contributed by atoms with Crippen molar-refractivity contribution in [2.45, 2.75) is 70.2 Å². The number of carboxylic acid groups (broad SMARTS) is 1. The number of hydrogen-bond donors (Lipinski definition) is 1. The number of rotatable bonds is 6. The molecule has 2 aromatic rings. The highest BCUT2D eigenvalue weighted by Gasteiger charge is 2.41. The number of carboxylic acids is 1. The molecule has 4 rings (SSSR count). The van der Waals surface area contributed by atoms with Gasteiger partial charge < -0.3 is 9.84 Å². The highest BCUT2D eigenvalue weighted by molar-refractivity contribution is 6.37. The van der Waals surface area contributed by atoms with Gasteiger partial charge in [-0.25, -0.2) is 0 Å². The van der Waals surface area contributed by atoms with Crippen molar-refractivity contribution in [3.8, 4) is 5.75 Å². The summed E-state index contributed by atoms with van der Waals surface area (Å²) in [5.74, 6) is -1.72. The lowest BCUT2D eigenvalue weighted by Gasteiger charge is -2.36. The zero-order valence-electron chi connectivity index (χ0n) is 19.3. The van der Waals surface area contributed by atoms with Crippen LogP contribution in [0.25, 0.3) is 10.8 Å². The first-order chi connectivity index (χ1) is 16.2. The number of halogens is 4. The number of piperidine rings is 1. The number of likely N-dealkylation sites (tertiary alicyclic amines) is 1. The monoisotopic (exact) mass is 497 g/mol. The highest BCUT2D eigenvalue weighted by Crippen LogP contribution is 2.41. The first-order valence-electron chi connectivity index (χ1n) is 12.1. The summed E-state index contributed by atoms with van der Waals surface area (Å²) in [5, 5.41) is 11.6. The predicted molar refractivity (Wildman–Crippen MR) is 126 cm³/mol. The van der Waals surface area contributed by atoms with E-state index in [9.17, 15) is 23.1 Å². The summed E-state index contributed by atoms with van der Waals surface area (Å²) < 4.78 is 45.0. The van der Waals surface area contributed by atoms with Crippen LogP contribution in [-0.2, 0) is 4.79 Å². The van der Waals surface area contributed by atoms with Gasteiger partial charge in [-0.3, -0.25) is 9.69 Å². The maximum absolute atomic E-state index is 13.0. The minimum Gasteiger partial charge on any atom is -0.489 e. The van der Waals surface area contributed by atoms with Crippen molar-refractivity contribution in [1.82, 2.24) is 4.90 Å². The standard InChI is InChI=1S/C26H31ClF3NO3/c1-2-22(31-13-11-17(12-14-31)25(32)33)18-4-3-16-5-10-23(24(27)21(16)15-18)34-20-8-6-19(7-9-20)26(28,29)30/h3-5,10,15,17,19-20,22H,2,6-9,11-14H2,1H3,(H,32,33). The van der Waals surface area contributed by atoms with Crippen LogP contribution in [0.4, 0.5) is 13.2 Å². The lowest BCUT2D eigenvalue weighted by atomic mass is 9.87. The Hall–Kier alpha value is -1.99. The fraction of sp³-hybridized carbons (Fsp3) is 0.577. The topological polar surface area (TPSA) is 49.8 Å². The molecule has 2 aromatic carbocycles. The Balaban J connectivity index is 1.50. The molecule has 0 amide bonds. The summed E-state index contributed by atoms with van der Waals surface area (Å²) in [6.07, 6.45) is -1.33. The molecule has 1 unspecified atom stereocenters. The molecule has 1 atom stereocenters. The third-order valence-corrected chi connectivity index (χ3v) is 7.86. The van der Waals surface area contributed by atoms with Crippen LogP contribution in [0, 0.1) is 11.8 Å². The van der Waals surface area contributed by atoms with Crippen molar-refractivity contribution < 1.29 is 27.8 Å². The summed E-state index contributed by atoms with van der Waals surface area (Å²) in [6.45, 7) is 3.60. The van der Waals surface area contributed by atoms with Crippen molar-refractivity contribution in [2.75, 3.05) is 13.1 Å². The molecular formula is C26H31ClF3NO3. The van der Waals surface area contributed by atoms with Crippen molar-refractivity contribution in [2.24, 2.45) is 11.8 Å². The van der Waals surface area contributed by atoms with Gasteiger partial charge in [0.1, 0.15) is 5.75 Å². The molecule has 0 radical (unpaired) electrons.